The standard InChI is InChI=1S/C20H37N3O2/c1-16(2)15-23-13-11-22(12-14-23)10-4-9-21-20(25)19-7-5-18(6-8-19)17(3)24/h16,18-19H,4-15H2,1-3H3,(H,21,25)/t18-,19+. The number of piperazine rings is 1. The zero-order chi connectivity index (χ0) is 18.2. The summed E-state index contributed by atoms with van der Waals surface area (Å²) in [6.45, 7) is 13.9. The summed E-state index contributed by atoms with van der Waals surface area (Å²) >= 11 is 0. The van der Waals surface area contributed by atoms with Gasteiger partial charge >= 0.3 is 0 Å². The Morgan fingerprint density at radius 3 is 2.08 bits per heavy atom. The van der Waals surface area contributed by atoms with Gasteiger partial charge in [0.2, 0.25) is 5.91 Å². The maximum absolute atomic E-state index is 12.3. The predicted molar refractivity (Wildman–Crippen MR) is 101 cm³/mol. The molecule has 1 aliphatic heterocycles. The van der Waals surface area contributed by atoms with Gasteiger partial charge in [-0.1, -0.05) is 13.8 Å². The molecule has 0 aromatic carbocycles. The molecule has 5 nitrogen and oxygen atoms in total. The van der Waals surface area contributed by atoms with Gasteiger partial charge in [0.1, 0.15) is 5.78 Å². The summed E-state index contributed by atoms with van der Waals surface area (Å²) in [4.78, 5) is 28.7. The van der Waals surface area contributed by atoms with Crippen molar-refractivity contribution in [1.29, 1.82) is 0 Å². The number of nitrogens with zero attached hydrogens (tertiary/aromatic N) is 2. The minimum Gasteiger partial charge on any atom is -0.356 e. The number of hydrogen-bond donors (Lipinski definition) is 1. The number of ketones is 1. The molecule has 0 unspecified atom stereocenters. The number of amides is 1. The van der Waals surface area contributed by atoms with Crippen LogP contribution in [0.15, 0.2) is 0 Å². The number of hydrogen-bond acceptors (Lipinski definition) is 4. The van der Waals surface area contributed by atoms with Crippen molar-refractivity contribution in [1.82, 2.24) is 15.1 Å². The Balaban J connectivity index is 1.53. The third kappa shape index (κ3) is 7.06. The van der Waals surface area contributed by atoms with Crippen LogP contribution < -0.4 is 5.32 Å². The Hall–Kier alpha value is -0.940. The van der Waals surface area contributed by atoms with Crippen LogP contribution in [0.25, 0.3) is 0 Å². The maximum atomic E-state index is 12.3. The van der Waals surface area contributed by atoms with Crippen LogP contribution in [0.5, 0.6) is 0 Å². The Bertz CT molecular complexity index is 423. The van der Waals surface area contributed by atoms with Crippen molar-refractivity contribution >= 4 is 11.7 Å². The van der Waals surface area contributed by atoms with Crippen molar-refractivity contribution in [2.45, 2.75) is 52.9 Å². The second kappa shape index (κ2) is 10.3. The summed E-state index contributed by atoms with van der Waals surface area (Å²) < 4.78 is 0. The van der Waals surface area contributed by atoms with Crippen LogP contribution in [-0.4, -0.2) is 67.3 Å². The first kappa shape index (κ1) is 20.4. The fourth-order valence-corrected chi connectivity index (χ4v) is 4.13. The molecule has 2 rings (SSSR count). The Morgan fingerprint density at radius 1 is 0.960 bits per heavy atom. The first-order valence-electron chi connectivity index (χ1n) is 10.2. The third-order valence-corrected chi connectivity index (χ3v) is 5.71. The van der Waals surface area contributed by atoms with E-state index in [2.05, 4.69) is 29.0 Å². The van der Waals surface area contributed by atoms with Gasteiger partial charge < -0.3 is 15.1 Å². The summed E-state index contributed by atoms with van der Waals surface area (Å²) in [5.74, 6) is 1.54. The lowest BCUT2D eigenvalue weighted by molar-refractivity contribution is -0.128. The summed E-state index contributed by atoms with van der Waals surface area (Å²) in [6, 6.07) is 0. The van der Waals surface area contributed by atoms with Gasteiger partial charge in [0, 0.05) is 51.1 Å². The van der Waals surface area contributed by atoms with Crippen LogP contribution in [-0.2, 0) is 9.59 Å². The molecular weight excluding hydrogens is 314 g/mol. The summed E-state index contributed by atoms with van der Waals surface area (Å²) in [6.07, 6.45) is 4.53. The zero-order valence-corrected chi connectivity index (χ0v) is 16.4. The molecule has 1 N–H and O–H groups in total. The van der Waals surface area contributed by atoms with E-state index in [-0.39, 0.29) is 23.5 Å². The van der Waals surface area contributed by atoms with E-state index in [0.717, 1.165) is 64.2 Å². The average Bonchev–Trinajstić information content (AvgIpc) is 2.59. The van der Waals surface area contributed by atoms with Crippen molar-refractivity contribution in [3.63, 3.8) is 0 Å². The van der Waals surface area contributed by atoms with E-state index in [1.807, 2.05) is 0 Å². The Labute approximate surface area is 153 Å². The SMILES string of the molecule is CC(=O)[C@H]1CC[C@@H](C(=O)NCCCN2CCN(CC(C)C)CC2)CC1. The number of rotatable bonds is 8. The molecule has 0 aromatic rings. The number of carbonyl (C=O) groups is 2. The number of Topliss-reactive ketones (excluding diaryl/α,β-unsaturated/α-hetero) is 1. The highest BCUT2D eigenvalue weighted by atomic mass is 16.2. The molecule has 1 heterocycles. The second-order valence-electron chi connectivity index (χ2n) is 8.34. The zero-order valence-electron chi connectivity index (χ0n) is 16.4. The molecule has 2 fully saturated rings. The van der Waals surface area contributed by atoms with Gasteiger partial charge in [-0.2, -0.15) is 0 Å². The molecule has 0 spiro atoms. The van der Waals surface area contributed by atoms with Crippen LogP contribution in [0.4, 0.5) is 0 Å². The van der Waals surface area contributed by atoms with E-state index in [4.69, 9.17) is 0 Å². The molecule has 5 heteroatoms. The molecule has 0 atom stereocenters. The molecule has 0 bridgehead atoms. The largest absolute Gasteiger partial charge is 0.356 e. The fraction of sp³-hybridized carbons (Fsp3) is 0.900. The van der Waals surface area contributed by atoms with Crippen molar-refractivity contribution in [3.05, 3.63) is 0 Å². The van der Waals surface area contributed by atoms with Crippen molar-refractivity contribution in [2.24, 2.45) is 17.8 Å². The van der Waals surface area contributed by atoms with Crippen LogP contribution in [0, 0.1) is 17.8 Å². The molecular formula is C20H37N3O2. The van der Waals surface area contributed by atoms with Gasteiger partial charge in [0.05, 0.1) is 0 Å². The highest BCUT2D eigenvalue weighted by molar-refractivity contribution is 5.80. The smallest absolute Gasteiger partial charge is 0.223 e. The van der Waals surface area contributed by atoms with E-state index in [9.17, 15) is 9.59 Å². The van der Waals surface area contributed by atoms with Gasteiger partial charge in [-0.05, 0) is 51.5 Å². The van der Waals surface area contributed by atoms with E-state index in [0.29, 0.717) is 0 Å². The Morgan fingerprint density at radius 2 is 1.52 bits per heavy atom. The van der Waals surface area contributed by atoms with E-state index in [1.54, 1.807) is 6.92 Å². The third-order valence-electron chi connectivity index (χ3n) is 5.71. The molecule has 1 saturated heterocycles. The molecule has 0 radical (unpaired) electrons. The van der Waals surface area contributed by atoms with Gasteiger partial charge in [-0.15, -0.1) is 0 Å². The van der Waals surface area contributed by atoms with E-state index < -0.39 is 0 Å². The summed E-state index contributed by atoms with van der Waals surface area (Å²) in [5, 5.41) is 3.11. The lowest BCUT2D eigenvalue weighted by atomic mass is 9.80. The van der Waals surface area contributed by atoms with Crippen LogP contribution in [0.1, 0.15) is 52.9 Å². The van der Waals surface area contributed by atoms with Crippen molar-refractivity contribution < 1.29 is 9.59 Å². The topological polar surface area (TPSA) is 52.7 Å². The first-order chi connectivity index (χ1) is 12.0. The molecule has 25 heavy (non-hydrogen) atoms. The quantitative estimate of drug-likeness (QED) is 0.681. The van der Waals surface area contributed by atoms with E-state index in [1.165, 1.54) is 19.6 Å². The molecule has 144 valence electrons. The van der Waals surface area contributed by atoms with E-state index >= 15 is 0 Å². The van der Waals surface area contributed by atoms with Crippen LogP contribution in [0.2, 0.25) is 0 Å². The minimum absolute atomic E-state index is 0.121. The highest BCUT2D eigenvalue weighted by Gasteiger charge is 2.28. The normalized spacial score (nSPS) is 25.9. The van der Waals surface area contributed by atoms with Gasteiger partial charge in [-0.3, -0.25) is 9.59 Å². The molecule has 1 amide bonds. The van der Waals surface area contributed by atoms with Gasteiger partial charge in [0.25, 0.3) is 0 Å². The van der Waals surface area contributed by atoms with Gasteiger partial charge in [0.15, 0.2) is 0 Å². The molecule has 0 aromatic heterocycles. The number of nitrogens with one attached hydrogen (secondary N) is 1. The minimum atomic E-state index is 0.121. The Kier molecular flexibility index (Phi) is 8.37. The predicted octanol–water partition coefficient (Wildman–Crippen LogP) is 2.16. The first-order valence-corrected chi connectivity index (χ1v) is 10.2. The van der Waals surface area contributed by atoms with Crippen LogP contribution in [0.3, 0.4) is 0 Å². The van der Waals surface area contributed by atoms with Gasteiger partial charge in [-0.25, -0.2) is 0 Å². The fourth-order valence-electron chi connectivity index (χ4n) is 4.13. The summed E-state index contributed by atoms with van der Waals surface area (Å²) in [7, 11) is 0. The second-order valence-corrected chi connectivity index (χ2v) is 8.34. The number of carbonyl (C=O) groups excluding carboxylic acids is 2. The van der Waals surface area contributed by atoms with Crippen LogP contribution >= 0.6 is 0 Å². The molecule has 1 saturated carbocycles. The molecule has 2 aliphatic rings. The monoisotopic (exact) mass is 351 g/mol. The lowest BCUT2D eigenvalue weighted by Gasteiger charge is -2.35. The van der Waals surface area contributed by atoms with Crippen molar-refractivity contribution in [2.75, 3.05) is 45.8 Å². The average molecular weight is 352 g/mol. The summed E-state index contributed by atoms with van der Waals surface area (Å²) in [5.41, 5.74) is 0. The highest BCUT2D eigenvalue weighted by Crippen LogP contribution is 2.29. The maximum Gasteiger partial charge on any atom is 0.223 e. The molecule has 1 aliphatic carbocycles. The van der Waals surface area contributed by atoms with Crippen molar-refractivity contribution in [3.8, 4) is 0 Å². The lowest BCUT2D eigenvalue weighted by Crippen LogP contribution is -2.47.